The maximum absolute atomic E-state index is 14.5. The monoisotopic (exact) mass is 589 g/mol. The van der Waals surface area contributed by atoms with E-state index in [0.29, 0.717) is 22.1 Å². The van der Waals surface area contributed by atoms with Gasteiger partial charge in [-0.05, 0) is 92.3 Å². The third-order valence-corrected chi connectivity index (χ3v) is 8.46. The molecule has 1 fully saturated rings. The number of carbonyl (C=O) groups is 2. The van der Waals surface area contributed by atoms with E-state index in [9.17, 15) is 9.59 Å². The Hall–Kier alpha value is -3.59. The average Bonchev–Trinajstić information content (AvgIpc) is 3.48. The summed E-state index contributed by atoms with van der Waals surface area (Å²) in [5.74, 6) is 0.144. The van der Waals surface area contributed by atoms with Crippen LogP contribution in [0.5, 0.6) is 0 Å². The fourth-order valence-corrected chi connectivity index (χ4v) is 6.43. The summed E-state index contributed by atoms with van der Waals surface area (Å²) in [6.07, 6.45) is 7.74. The Morgan fingerprint density at radius 3 is 2.43 bits per heavy atom. The van der Waals surface area contributed by atoms with Crippen LogP contribution in [0.2, 0.25) is 5.02 Å². The van der Waals surface area contributed by atoms with Crippen molar-refractivity contribution in [3.05, 3.63) is 75.6 Å². The van der Waals surface area contributed by atoms with E-state index in [1.54, 1.807) is 0 Å². The van der Waals surface area contributed by atoms with Gasteiger partial charge >= 0.3 is 0 Å². The Kier molecular flexibility index (Phi) is 8.78. The van der Waals surface area contributed by atoms with Crippen molar-refractivity contribution in [1.29, 1.82) is 0 Å². The molecule has 0 radical (unpaired) electrons. The van der Waals surface area contributed by atoms with Gasteiger partial charge in [-0.2, -0.15) is 5.21 Å². The molecule has 1 spiro atoms. The standard InChI is InChI=1S/C32H40ClN7O2/c1-21-17-24(19-25(33)18-21)28-30(42)40(32(35-28)14-7-5-6-8-15-32)26(13-16-31(2,3)4)22-9-11-23(12-10-22)29(41)34-20-27-36-38-39-37-27/h9-12,17-19,26H,5-8,13-16,20H2,1-4H3,(H,34,41)(H,36,37,38,39)/t26-/m1/s1. The first-order valence-corrected chi connectivity index (χ1v) is 15.2. The van der Waals surface area contributed by atoms with Gasteiger partial charge < -0.3 is 10.2 Å². The number of nitrogens with zero attached hydrogens (tertiary/aromatic N) is 5. The zero-order valence-corrected chi connectivity index (χ0v) is 25.7. The lowest BCUT2D eigenvalue weighted by Gasteiger charge is -2.42. The van der Waals surface area contributed by atoms with Crippen molar-refractivity contribution in [3.63, 3.8) is 0 Å². The van der Waals surface area contributed by atoms with E-state index in [1.807, 2.05) is 49.4 Å². The van der Waals surface area contributed by atoms with Gasteiger partial charge in [-0.15, -0.1) is 10.2 Å². The number of benzene rings is 2. The number of amides is 2. The first-order valence-electron chi connectivity index (χ1n) is 14.9. The van der Waals surface area contributed by atoms with E-state index in [0.717, 1.165) is 68.1 Å². The molecule has 1 aromatic heterocycles. The Morgan fingerprint density at radius 1 is 1.10 bits per heavy atom. The SMILES string of the molecule is Cc1cc(Cl)cc(C2=NC3(CCCCCC3)N([C@H](CCC(C)(C)C)c3ccc(C(=O)NCc4nn[nH]n4)cc3)C2=O)c1. The Bertz CT molecular complexity index is 1420. The van der Waals surface area contributed by atoms with E-state index in [2.05, 4.69) is 51.6 Å². The maximum atomic E-state index is 14.5. The number of aryl methyl sites for hydroxylation is 1. The summed E-state index contributed by atoms with van der Waals surface area (Å²) in [4.78, 5) is 34.7. The minimum atomic E-state index is -0.595. The molecule has 0 unspecified atom stereocenters. The summed E-state index contributed by atoms with van der Waals surface area (Å²) in [7, 11) is 0. The van der Waals surface area contributed by atoms with Gasteiger partial charge in [0.2, 0.25) is 0 Å². The van der Waals surface area contributed by atoms with E-state index in [1.165, 1.54) is 0 Å². The van der Waals surface area contributed by atoms with Gasteiger partial charge in [0, 0.05) is 16.1 Å². The van der Waals surface area contributed by atoms with Crippen LogP contribution in [0, 0.1) is 12.3 Å². The molecular weight excluding hydrogens is 550 g/mol. The van der Waals surface area contributed by atoms with Crippen molar-refractivity contribution in [2.24, 2.45) is 10.4 Å². The number of aliphatic imine (C=N–C) groups is 1. The van der Waals surface area contributed by atoms with E-state index in [4.69, 9.17) is 16.6 Å². The number of carbonyl (C=O) groups excluding carboxylic acids is 2. The summed E-state index contributed by atoms with van der Waals surface area (Å²) in [6.45, 7) is 8.85. The topological polar surface area (TPSA) is 116 Å². The lowest BCUT2D eigenvalue weighted by molar-refractivity contribution is -0.132. The largest absolute Gasteiger partial charge is 0.345 e. The van der Waals surface area contributed by atoms with Crippen LogP contribution in [0.15, 0.2) is 47.5 Å². The quantitative estimate of drug-likeness (QED) is 0.318. The lowest BCUT2D eigenvalue weighted by atomic mass is 9.85. The number of halogens is 1. The second kappa shape index (κ2) is 12.3. The molecule has 1 aliphatic heterocycles. The molecule has 5 rings (SSSR count). The summed E-state index contributed by atoms with van der Waals surface area (Å²) >= 11 is 6.44. The van der Waals surface area contributed by atoms with E-state index in [-0.39, 0.29) is 29.8 Å². The normalized spacial score (nSPS) is 17.7. The summed E-state index contributed by atoms with van der Waals surface area (Å²) < 4.78 is 0. The van der Waals surface area contributed by atoms with Crippen molar-refractivity contribution in [3.8, 4) is 0 Å². The molecule has 0 bridgehead atoms. The van der Waals surface area contributed by atoms with Crippen LogP contribution < -0.4 is 5.32 Å². The molecule has 2 aliphatic rings. The van der Waals surface area contributed by atoms with Crippen LogP contribution in [0.25, 0.3) is 0 Å². The molecule has 2 aromatic carbocycles. The van der Waals surface area contributed by atoms with Crippen molar-refractivity contribution in [2.45, 2.75) is 97.3 Å². The molecule has 9 nitrogen and oxygen atoms in total. The maximum Gasteiger partial charge on any atom is 0.275 e. The van der Waals surface area contributed by atoms with Crippen molar-refractivity contribution in [1.82, 2.24) is 30.8 Å². The second-order valence-electron chi connectivity index (χ2n) is 12.8. The van der Waals surface area contributed by atoms with Crippen LogP contribution in [0.1, 0.15) is 111 Å². The molecule has 2 heterocycles. The van der Waals surface area contributed by atoms with Gasteiger partial charge in [-0.1, -0.05) is 62.6 Å². The molecular formula is C32H40ClN7O2. The van der Waals surface area contributed by atoms with Crippen LogP contribution in [-0.2, 0) is 11.3 Å². The zero-order valence-electron chi connectivity index (χ0n) is 24.9. The molecule has 1 saturated carbocycles. The van der Waals surface area contributed by atoms with Crippen molar-refractivity contribution < 1.29 is 9.59 Å². The number of tetrazole rings is 1. The smallest absolute Gasteiger partial charge is 0.275 e. The molecule has 42 heavy (non-hydrogen) atoms. The van der Waals surface area contributed by atoms with Gasteiger partial charge in [0.05, 0.1) is 12.6 Å². The highest BCUT2D eigenvalue weighted by Gasteiger charge is 2.50. The number of aromatic amines is 1. The fourth-order valence-electron chi connectivity index (χ4n) is 6.14. The van der Waals surface area contributed by atoms with Crippen molar-refractivity contribution >= 4 is 29.1 Å². The second-order valence-corrected chi connectivity index (χ2v) is 13.2. The first kappa shape index (κ1) is 29.9. The molecule has 3 aromatic rings. The van der Waals surface area contributed by atoms with E-state index >= 15 is 0 Å². The number of nitrogens with one attached hydrogen (secondary N) is 2. The Balaban J connectivity index is 1.50. The van der Waals surface area contributed by atoms with Crippen molar-refractivity contribution in [2.75, 3.05) is 0 Å². The molecule has 1 atom stereocenters. The highest BCUT2D eigenvalue weighted by Crippen LogP contribution is 2.46. The summed E-state index contributed by atoms with van der Waals surface area (Å²) in [6, 6.07) is 13.2. The number of rotatable bonds is 8. The number of H-pyrrole nitrogens is 1. The highest BCUT2D eigenvalue weighted by atomic mass is 35.5. The Morgan fingerprint density at radius 2 is 1.81 bits per heavy atom. The molecule has 10 heteroatoms. The van der Waals surface area contributed by atoms with Gasteiger partial charge in [0.25, 0.3) is 11.8 Å². The Labute approximate surface area is 252 Å². The minimum Gasteiger partial charge on any atom is -0.345 e. The highest BCUT2D eigenvalue weighted by molar-refractivity contribution is 6.47. The van der Waals surface area contributed by atoms with E-state index < -0.39 is 5.66 Å². The fraction of sp³-hybridized carbons (Fsp3) is 0.500. The third-order valence-electron chi connectivity index (χ3n) is 8.24. The first-order chi connectivity index (χ1) is 20.0. The van der Waals surface area contributed by atoms with Gasteiger partial charge in [-0.25, -0.2) is 0 Å². The molecule has 1 aliphatic carbocycles. The third kappa shape index (κ3) is 6.72. The molecule has 0 saturated heterocycles. The van der Waals surface area contributed by atoms with Crippen LogP contribution in [0.4, 0.5) is 0 Å². The number of aromatic nitrogens is 4. The summed E-state index contributed by atoms with van der Waals surface area (Å²) in [5, 5.41) is 17.1. The predicted octanol–water partition coefficient (Wildman–Crippen LogP) is 6.34. The molecule has 222 valence electrons. The number of hydrogen-bond acceptors (Lipinski definition) is 6. The molecule has 2 N–H and O–H groups in total. The van der Waals surface area contributed by atoms with Gasteiger partial charge in [-0.3, -0.25) is 14.6 Å². The van der Waals surface area contributed by atoms with Gasteiger partial charge in [0.15, 0.2) is 5.82 Å². The van der Waals surface area contributed by atoms with Crippen LogP contribution in [-0.4, -0.2) is 48.7 Å². The minimum absolute atomic E-state index is 0.0422. The lowest BCUT2D eigenvalue weighted by Crippen LogP contribution is -2.49. The van der Waals surface area contributed by atoms with Gasteiger partial charge in [0.1, 0.15) is 11.4 Å². The summed E-state index contributed by atoms with van der Waals surface area (Å²) in [5.41, 5.74) is 3.30. The predicted molar refractivity (Wildman–Crippen MR) is 163 cm³/mol. The molecule has 2 amide bonds. The average molecular weight is 590 g/mol. The number of hydrogen-bond donors (Lipinski definition) is 2. The van der Waals surface area contributed by atoms with Crippen LogP contribution in [0.3, 0.4) is 0 Å². The zero-order chi connectivity index (χ0) is 29.9. The van der Waals surface area contributed by atoms with Crippen LogP contribution >= 0.6 is 11.6 Å².